The summed E-state index contributed by atoms with van der Waals surface area (Å²) < 4.78 is 5.06. The first kappa shape index (κ1) is 18.4. The Morgan fingerprint density at radius 1 is 0.857 bits per heavy atom. The van der Waals surface area contributed by atoms with Crippen LogP contribution in [0.3, 0.4) is 0 Å². The molecule has 1 N–H and O–H groups in total. The van der Waals surface area contributed by atoms with Crippen molar-refractivity contribution in [2.24, 2.45) is 5.92 Å². The predicted octanol–water partition coefficient (Wildman–Crippen LogP) is 4.01. The first-order chi connectivity index (χ1) is 13.6. The molecule has 0 aromatic heterocycles. The molecule has 3 aromatic carbocycles. The maximum Gasteiger partial charge on any atom is 0.323 e. The van der Waals surface area contributed by atoms with Gasteiger partial charge in [-0.05, 0) is 34.9 Å². The Morgan fingerprint density at radius 3 is 2.21 bits per heavy atom. The van der Waals surface area contributed by atoms with Gasteiger partial charge in [-0.15, -0.1) is 0 Å². The predicted molar refractivity (Wildman–Crippen MR) is 109 cm³/mol. The van der Waals surface area contributed by atoms with E-state index in [2.05, 4.69) is 29.6 Å². The van der Waals surface area contributed by atoms with E-state index < -0.39 is 6.04 Å². The molecular weight excluding hydrogens is 350 g/mol. The van der Waals surface area contributed by atoms with Gasteiger partial charge in [0, 0.05) is 17.9 Å². The molecule has 0 spiro atoms. The summed E-state index contributed by atoms with van der Waals surface area (Å²) in [7, 11) is 1.39. The fourth-order valence-electron chi connectivity index (χ4n) is 4.42. The van der Waals surface area contributed by atoms with Crippen LogP contribution in [0.4, 0.5) is 0 Å². The fourth-order valence-corrected chi connectivity index (χ4v) is 4.42. The van der Waals surface area contributed by atoms with E-state index in [-0.39, 0.29) is 29.6 Å². The first-order valence-corrected chi connectivity index (χ1v) is 9.48. The number of hydrogen-bond donors (Lipinski definition) is 1. The molecule has 4 heteroatoms. The van der Waals surface area contributed by atoms with Crippen molar-refractivity contribution in [3.63, 3.8) is 0 Å². The number of rotatable bonds is 4. The molecule has 1 saturated heterocycles. The van der Waals surface area contributed by atoms with E-state index in [1.807, 2.05) is 48.5 Å². The summed E-state index contributed by atoms with van der Waals surface area (Å²) in [6.07, 6.45) is 0. The molecule has 1 aliphatic heterocycles. The van der Waals surface area contributed by atoms with E-state index in [9.17, 15) is 9.59 Å². The average Bonchev–Trinajstić information content (AvgIpc) is 3.14. The summed E-state index contributed by atoms with van der Waals surface area (Å²) in [5, 5.41) is 5.67. The molecule has 0 unspecified atom stereocenters. The largest absolute Gasteiger partial charge is 0.468 e. The minimum atomic E-state index is -0.572. The first-order valence-electron chi connectivity index (χ1n) is 9.48. The second kappa shape index (κ2) is 7.56. The Labute approximate surface area is 164 Å². The second-order valence-electron chi connectivity index (χ2n) is 7.32. The maximum absolute atomic E-state index is 12.7. The number of ether oxygens (including phenoxy) is 1. The van der Waals surface area contributed by atoms with Gasteiger partial charge >= 0.3 is 5.97 Å². The zero-order valence-corrected chi connectivity index (χ0v) is 16.0. The van der Waals surface area contributed by atoms with Gasteiger partial charge < -0.3 is 4.74 Å². The van der Waals surface area contributed by atoms with Crippen molar-refractivity contribution in [2.45, 2.75) is 24.9 Å². The summed E-state index contributed by atoms with van der Waals surface area (Å²) in [5.74, 6) is -0.912. The highest BCUT2D eigenvalue weighted by molar-refractivity contribution is 5.87. The van der Waals surface area contributed by atoms with Crippen LogP contribution in [0.2, 0.25) is 0 Å². The summed E-state index contributed by atoms with van der Waals surface area (Å²) >= 11 is 0. The average molecular weight is 373 g/mol. The van der Waals surface area contributed by atoms with Gasteiger partial charge in [-0.25, -0.2) is 0 Å². The van der Waals surface area contributed by atoms with Gasteiger partial charge in [0.15, 0.2) is 0 Å². The van der Waals surface area contributed by atoms with Gasteiger partial charge in [0.2, 0.25) is 0 Å². The summed E-state index contributed by atoms with van der Waals surface area (Å²) in [6.45, 7) is 1.61. The number of carbonyl (C=O) groups excluding carboxylic acids is 2. The fraction of sp³-hybridized carbons (Fsp3) is 0.250. The lowest BCUT2D eigenvalue weighted by atomic mass is 9.78. The number of nitrogens with one attached hydrogen (secondary N) is 1. The lowest BCUT2D eigenvalue weighted by Crippen LogP contribution is -2.36. The molecule has 1 heterocycles. The van der Waals surface area contributed by atoms with Crippen molar-refractivity contribution in [1.82, 2.24) is 5.32 Å². The smallest absolute Gasteiger partial charge is 0.323 e. The van der Waals surface area contributed by atoms with Crippen molar-refractivity contribution >= 4 is 22.5 Å². The van der Waals surface area contributed by atoms with Gasteiger partial charge in [-0.2, -0.15) is 0 Å². The standard InChI is InChI=1S/C24H23NO3/c1-15(26)20-21(17-9-4-3-5-10-17)23(24(27)28-2)25-22(20)19-13-12-16-8-6-7-11-18(16)14-19/h3-14,20-23,25H,1-2H3/t20-,21-,22-,23-/m0/s1. The number of ketones is 1. The van der Waals surface area contributed by atoms with E-state index in [4.69, 9.17) is 4.74 Å². The number of carbonyl (C=O) groups is 2. The van der Waals surface area contributed by atoms with Crippen molar-refractivity contribution in [3.8, 4) is 0 Å². The minimum Gasteiger partial charge on any atom is -0.468 e. The number of hydrogen-bond acceptors (Lipinski definition) is 4. The van der Waals surface area contributed by atoms with E-state index in [0.29, 0.717) is 0 Å². The Morgan fingerprint density at radius 2 is 1.54 bits per heavy atom. The summed E-state index contributed by atoms with van der Waals surface area (Å²) in [4.78, 5) is 25.3. The molecule has 4 atom stereocenters. The van der Waals surface area contributed by atoms with Crippen LogP contribution in [0.1, 0.15) is 30.0 Å². The van der Waals surface area contributed by atoms with Crippen LogP contribution in [0.25, 0.3) is 10.8 Å². The second-order valence-corrected chi connectivity index (χ2v) is 7.32. The third-order valence-corrected chi connectivity index (χ3v) is 5.71. The lowest BCUT2D eigenvalue weighted by Gasteiger charge is -2.23. The highest BCUT2D eigenvalue weighted by Gasteiger charge is 2.49. The monoisotopic (exact) mass is 373 g/mol. The van der Waals surface area contributed by atoms with Crippen LogP contribution < -0.4 is 5.32 Å². The van der Waals surface area contributed by atoms with Gasteiger partial charge in [-0.1, -0.05) is 66.7 Å². The third kappa shape index (κ3) is 3.20. The summed E-state index contributed by atoms with van der Waals surface area (Å²) in [6, 6.07) is 23.3. The van der Waals surface area contributed by atoms with Crippen molar-refractivity contribution in [2.75, 3.05) is 7.11 Å². The molecule has 3 aromatic rings. The number of esters is 1. The van der Waals surface area contributed by atoms with E-state index >= 15 is 0 Å². The van der Waals surface area contributed by atoms with Crippen LogP contribution in [-0.4, -0.2) is 24.9 Å². The summed E-state index contributed by atoms with van der Waals surface area (Å²) in [5.41, 5.74) is 1.97. The van der Waals surface area contributed by atoms with E-state index in [1.165, 1.54) is 7.11 Å². The molecular formula is C24H23NO3. The van der Waals surface area contributed by atoms with Crippen molar-refractivity contribution < 1.29 is 14.3 Å². The van der Waals surface area contributed by atoms with Gasteiger partial charge in [0.25, 0.3) is 0 Å². The third-order valence-electron chi connectivity index (χ3n) is 5.71. The minimum absolute atomic E-state index is 0.0610. The van der Waals surface area contributed by atoms with Crippen molar-refractivity contribution in [1.29, 1.82) is 0 Å². The molecule has 142 valence electrons. The highest BCUT2D eigenvalue weighted by atomic mass is 16.5. The number of benzene rings is 3. The zero-order chi connectivity index (χ0) is 19.7. The molecule has 0 saturated carbocycles. The molecule has 28 heavy (non-hydrogen) atoms. The Kier molecular flexibility index (Phi) is 4.97. The molecule has 0 bridgehead atoms. The van der Waals surface area contributed by atoms with E-state index in [1.54, 1.807) is 6.92 Å². The van der Waals surface area contributed by atoms with Crippen LogP contribution in [0.15, 0.2) is 72.8 Å². The molecule has 4 nitrogen and oxygen atoms in total. The van der Waals surface area contributed by atoms with Crippen LogP contribution in [0, 0.1) is 5.92 Å². The van der Waals surface area contributed by atoms with Crippen LogP contribution in [-0.2, 0) is 14.3 Å². The van der Waals surface area contributed by atoms with Gasteiger partial charge in [-0.3, -0.25) is 14.9 Å². The van der Waals surface area contributed by atoms with Crippen LogP contribution >= 0.6 is 0 Å². The Balaban J connectivity index is 1.81. The zero-order valence-electron chi connectivity index (χ0n) is 16.0. The molecule has 1 aliphatic rings. The van der Waals surface area contributed by atoms with Gasteiger partial charge in [0.1, 0.15) is 11.8 Å². The SMILES string of the molecule is COC(=O)[C@H]1N[C@@H](c2ccc3ccccc3c2)[C@@H](C(C)=O)[C@@H]1c1ccccc1. The molecule has 1 fully saturated rings. The number of Topliss-reactive ketones (excluding diaryl/α,β-unsaturated/α-hetero) is 1. The van der Waals surface area contributed by atoms with Crippen molar-refractivity contribution in [3.05, 3.63) is 83.9 Å². The Bertz CT molecular complexity index is 1010. The molecule has 0 aliphatic carbocycles. The lowest BCUT2D eigenvalue weighted by molar-refractivity contribution is -0.143. The number of methoxy groups -OCH3 is 1. The van der Waals surface area contributed by atoms with Gasteiger partial charge in [0.05, 0.1) is 7.11 Å². The highest BCUT2D eigenvalue weighted by Crippen LogP contribution is 2.44. The van der Waals surface area contributed by atoms with Crippen LogP contribution in [0.5, 0.6) is 0 Å². The van der Waals surface area contributed by atoms with E-state index in [0.717, 1.165) is 21.9 Å². The topological polar surface area (TPSA) is 55.4 Å². The molecule has 0 amide bonds. The Hall–Kier alpha value is -2.98. The molecule has 4 rings (SSSR count). The normalized spacial score (nSPS) is 24.2. The quantitative estimate of drug-likeness (QED) is 0.702. The maximum atomic E-state index is 12.7. The number of fused-ring (bicyclic) bond motifs is 1. The molecule has 0 radical (unpaired) electrons.